The Balaban J connectivity index is 2.78. The van der Waals surface area contributed by atoms with Gasteiger partial charge in [0.25, 0.3) is 0 Å². The van der Waals surface area contributed by atoms with Crippen LogP contribution in [0.25, 0.3) is 0 Å². The first-order valence-electron chi connectivity index (χ1n) is 4.67. The van der Waals surface area contributed by atoms with E-state index in [4.69, 9.17) is 5.84 Å². The molecule has 1 atom stereocenters. The zero-order valence-corrected chi connectivity index (χ0v) is 9.28. The number of rotatable bonds is 5. The van der Waals surface area contributed by atoms with Crippen molar-refractivity contribution >= 4 is 11.8 Å². The Hall–Kier alpha value is -0.650. The lowest BCUT2D eigenvalue weighted by atomic mass is 10.1. The van der Waals surface area contributed by atoms with Crippen LogP contribution < -0.4 is 11.3 Å². The molecule has 0 saturated carbocycles. The molecule has 0 saturated heterocycles. The fourth-order valence-corrected chi connectivity index (χ4v) is 1.97. The molecular weight excluding hydrogens is 218 g/mol. The normalized spacial score (nSPS) is 12.8. The van der Waals surface area contributed by atoms with Crippen LogP contribution in [0.2, 0.25) is 0 Å². The highest BCUT2D eigenvalue weighted by atomic mass is 32.2. The van der Waals surface area contributed by atoms with Crippen LogP contribution in [-0.2, 0) is 0 Å². The fourth-order valence-electron chi connectivity index (χ4n) is 1.21. The first kappa shape index (κ1) is 12.4. The molecule has 3 N–H and O–H groups in total. The fraction of sp³-hybridized carbons (Fsp3) is 0.400. The quantitative estimate of drug-likeness (QED) is 0.604. The van der Waals surface area contributed by atoms with E-state index in [1.54, 1.807) is 17.8 Å². The molecule has 0 fully saturated rings. The average molecular weight is 232 g/mol. The molecule has 0 spiro atoms. The summed E-state index contributed by atoms with van der Waals surface area (Å²) in [6.07, 6.45) is 0. The summed E-state index contributed by atoms with van der Waals surface area (Å²) in [5.74, 6) is 5.37. The van der Waals surface area contributed by atoms with Gasteiger partial charge in [0, 0.05) is 5.75 Å². The first-order valence-corrected chi connectivity index (χ1v) is 5.83. The highest BCUT2D eigenvalue weighted by molar-refractivity contribution is 7.99. The largest absolute Gasteiger partial charge is 0.271 e. The molecule has 0 aliphatic heterocycles. The zero-order chi connectivity index (χ0) is 11.3. The molecule has 2 nitrogen and oxygen atoms in total. The monoisotopic (exact) mass is 232 g/mol. The number of benzene rings is 1. The third kappa shape index (κ3) is 3.44. The molecule has 84 valence electrons. The molecule has 0 aliphatic carbocycles. The predicted molar refractivity (Wildman–Crippen MR) is 59.4 cm³/mol. The molecule has 0 radical (unpaired) electrons. The van der Waals surface area contributed by atoms with E-state index in [2.05, 4.69) is 5.43 Å². The summed E-state index contributed by atoms with van der Waals surface area (Å²) in [7, 11) is 0. The van der Waals surface area contributed by atoms with Crippen LogP contribution in [0, 0.1) is 11.6 Å². The Morgan fingerprint density at radius 2 is 2.13 bits per heavy atom. The van der Waals surface area contributed by atoms with E-state index in [1.807, 2.05) is 6.92 Å². The number of nitrogens with two attached hydrogens (primary N) is 1. The lowest BCUT2D eigenvalue weighted by molar-refractivity contribution is 0.502. The Labute approximate surface area is 92.2 Å². The van der Waals surface area contributed by atoms with Crippen molar-refractivity contribution in [2.24, 2.45) is 5.84 Å². The van der Waals surface area contributed by atoms with Crippen molar-refractivity contribution in [3.05, 3.63) is 35.4 Å². The van der Waals surface area contributed by atoms with Crippen molar-refractivity contribution in [3.8, 4) is 0 Å². The zero-order valence-electron chi connectivity index (χ0n) is 8.47. The second kappa shape index (κ2) is 6.05. The first-order chi connectivity index (χ1) is 7.19. The maximum atomic E-state index is 12.9. The molecule has 1 rings (SSSR count). The molecule has 1 aromatic rings. The van der Waals surface area contributed by atoms with Gasteiger partial charge in [0.2, 0.25) is 0 Å². The second-order valence-corrected chi connectivity index (χ2v) is 4.37. The van der Waals surface area contributed by atoms with E-state index in [-0.39, 0.29) is 6.04 Å². The van der Waals surface area contributed by atoms with Crippen LogP contribution in [-0.4, -0.2) is 11.5 Å². The van der Waals surface area contributed by atoms with Crippen LogP contribution in [0.1, 0.15) is 18.5 Å². The summed E-state index contributed by atoms with van der Waals surface area (Å²) in [5, 5.41) is 0. The van der Waals surface area contributed by atoms with Gasteiger partial charge in [-0.25, -0.2) is 8.78 Å². The molecule has 1 aromatic carbocycles. The number of hydrogen-bond acceptors (Lipinski definition) is 3. The molecule has 0 heterocycles. The minimum absolute atomic E-state index is 0.148. The average Bonchev–Trinajstić information content (AvgIpc) is 2.24. The van der Waals surface area contributed by atoms with Gasteiger partial charge in [-0.15, -0.1) is 0 Å². The Kier molecular flexibility index (Phi) is 5.01. The third-order valence-corrected chi connectivity index (χ3v) is 3.01. The van der Waals surface area contributed by atoms with Crippen molar-refractivity contribution < 1.29 is 8.78 Å². The van der Waals surface area contributed by atoms with E-state index in [0.717, 1.165) is 17.6 Å². The highest BCUT2D eigenvalue weighted by Gasteiger charge is 2.11. The minimum Gasteiger partial charge on any atom is -0.271 e. The van der Waals surface area contributed by atoms with Gasteiger partial charge in [-0.1, -0.05) is 13.0 Å². The van der Waals surface area contributed by atoms with Crippen LogP contribution in [0.4, 0.5) is 8.78 Å². The molecule has 1 unspecified atom stereocenters. The number of halogens is 2. The molecule has 0 aromatic heterocycles. The van der Waals surface area contributed by atoms with Gasteiger partial charge in [-0.3, -0.25) is 11.3 Å². The summed E-state index contributed by atoms with van der Waals surface area (Å²) >= 11 is 1.69. The predicted octanol–water partition coefficient (Wildman–Crippen LogP) is 2.22. The van der Waals surface area contributed by atoms with Crippen LogP contribution >= 0.6 is 11.8 Å². The van der Waals surface area contributed by atoms with Crippen molar-refractivity contribution in [1.82, 2.24) is 5.43 Å². The molecule has 0 aliphatic rings. The summed E-state index contributed by atoms with van der Waals surface area (Å²) in [6, 6.07) is 3.69. The molecular formula is C10H14F2N2S. The van der Waals surface area contributed by atoms with Gasteiger partial charge in [0.15, 0.2) is 11.6 Å². The van der Waals surface area contributed by atoms with E-state index in [9.17, 15) is 8.78 Å². The Morgan fingerprint density at radius 3 is 2.67 bits per heavy atom. The molecule has 0 amide bonds. The minimum atomic E-state index is -0.839. The standard InChI is InChI=1S/C10H14F2N2S/c1-2-15-6-10(14-13)7-3-4-8(11)9(12)5-7/h3-5,10,14H,2,6,13H2,1H3. The SMILES string of the molecule is CCSCC(NN)c1ccc(F)c(F)c1. The Bertz CT molecular complexity index is 320. The second-order valence-electron chi connectivity index (χ2n) is 3.05. The van der Waals surface area contributed by atoms with Gasteiger partial charge in [0.1, 0.15) is 0 Å². The van der Waals surface area contributed by atoms with Gasteiger partial charge >= 0.3 is 0 Å². The summed E-state index contributed by atoms with van der Waals surface area (Å²) < 4.78 is 25.6. The van der Waals surface area contributed by atoms with Crippen molar-refractivity contribution in [2.45, 2.75) is 13.0 Å². The Morgan fingerprint density at radius 1 is 1.40 bits per heavy atom. The van der Waals surface area contributed by atoms with Crippen LogP contribution in [0.15, 0.2) is 18.2 Å². The number of nitrogens with one attached hydrogen (secondary N) is 1. The van der Waals surface area contributed by atoms with Gasteiger partial charge in [0.05, 0.1) is 6.04 Å². The maximum Gasteiger partial charge on any atom is 0.159 e. The van der Waals surface area contributed by atoms with E-state index >= 15 is 0 Å². The van der Waals surface area contributed by atoms with Gasteiger partial charge in [-0.2, -0.15) is 11.8 Å². The highest BCUT2D eigenvalue weighted by Crippen LogP contribution is 2.19. The number of hydrazine groups is 1. The lowest BCUT2D eigenvalue weighted by Gasteiger charge is -2.15. The summed E-state index contributed by atoms with van der Waals surface area (Å²) in [4.78, 5) is 0. The van der Waals surface area contributed by atoms with Gasteiger partial charge in [-0.05, 0) is 23.4 Å². The topological polar surface area (TPSA) is 38.0 Å². The summed E-state index contributed by atoms with van der Waals surface area (Å²) in [6.45, 7) is 2.03. The van der Waals surface area contributed by atoms with Crippen molar-refractivity contribution in [1.29, 1.82) is 0 Å². The van der Waals surface area contributed by atoms with Crippen molar-refractivity contribution in [3.63, 3.8) is 0 Å². The van der Waals surface area contributed by atoms with E-state index in [0.29, 0.717) is 5.56 Å². The van der Waals surface area contributed by atoms with E-state index in [1.165, 1.54) is 6.07 Å². The van der Waals surface area contributed by atoms with Gasteiger partial charge < -0.3 is 0 Å². The molecule has 5 heteroatoms. The maximum absolute atomic E-state index is 12.9. The molecule has 15 heavy (non-hydrogen) atoms. The molecule has 0 bridgehead atoms. The van der Waals surface area contributed by atoms with Crippen LogP contribution in [0.3, 0.4) is 0 Å². The number of hydrogen-bond donors (Lipinski definition) is 2. The van der Waals surface area contributed by atoms with Crippen LogP contribution in [0.5, 0.6) is 0 Å². The van der Waals surface area contributed by atoms with Crippen molar-refractivity contribution in [2.75, 3.05) is 11.5 Å². The summed E-state index contributed by atoms with van der Waals surface area (Å²) in [5.41, 5.74) is 3.25. The van der Waals surface area contributed by atoms with E-state index < -0.39 is 11.6 Å². The number of thioether (sulfide) groups is 1. The smallest absolute Gasteiger partial charge is 0.159 e. The lowest BCUT2D eigenvalue weighted by Crippen LogP contribution is -2.29. The third-order valence-electron chi connectivity index (χ3n) is 2.04.